The van der Waals surface area contributed by atoms with Crippen molar-refractivity contribution in [1.82, 2.24) is 0 Å². The summed E-state index contributed by atoms with van der Waals surface area (Å²) in [6, 6.07) is 10.7. The molecule has 1 heterocycles. The summed E-state index contributed by atoms with van der Waals surface area (Å²) < 4.78 is 5.75. The summed E-state index contributed by atoms with van der Waals surface area (Å²) in [5, 5.41) is 9.23. The van der Waals surface area contributed by atoms with Gasteiger partial charge in [-0.15, -0.1) is 12.3 Å². The van der Waals surface area contributed by atoms with Crippen molar-refractivity contribution in [2.24, 2.45) is 0 Å². The van der Waals surface area contributed by atoms with Crippen LogP contribution < -0.4 is 4.74 Å². The fourth-order valence-corrected chi connectivity index (χ4v) is 2.79. The first-order valence-electron chi connectivity index (χ1n) is 7.75. The van der Waals surface area contributed by atoms with Crippen LogP contribution in [0.2, 0.25) is 0 Å². The third kappa shape index (κ3) is 3.26. The molecule has 0 aliphatic carbocycles. The highest BCUT2D eigenvalue weighted by Gasteiger charge is 2.15. The van der Waals surface area contributed by atoms with Gasteiger partial charge in [0.05, 0.1) is 12.2 Å². The highest BCUT2D eigenvalue weighted by Crippen LogP contribution is 2.30. The molecule has 24 heavy (non-hydrogen) atoms. The van der Waals surface area contributed by atoms with E-state index in [9.17, 15) is 9.90 Å². The van der Waals surface area contributed by atoms with Crippen molar-refractivity contribution < 1.29 is 14.6 Å². The van der Waals surface area contributed by atoms with Gasteiger partial charge in [-0.25, -0.2) is 4.79 Å². The van der Waals surface area contributed by atoms with Gasteiger partial charge in [0.2, 0.25) is 0 Å². The molecule has 0 spiro atoms. The molecule has 0 aromatic heterocycles. The van der Waals surface area contributed by atoms with E-state index in [4.69, 9.17) is 11.2 Å². The molecule has 2 aromatic rings. The summed E-state index contributed by atoms with van der Waals surface area (Å²) in [6.45, 7) is 0.710. The minimum Gasteiger partial charge on any atom is -0.493 e. The highest BCUT2D eigenvalue weighted by molar-refractivity contribution is 5.90. The van der Waals surface area contributed by atoms with Crippen LogP contribution in [0.25, 0.3) is 0 Å². The number of terminal acetylenes is 1. The zero-order valence-electron chi connectivity index (χ0n) is 13.1. The Balaban J connectivity index is 2.02. The zero-order valence-corrected chi connectivity index (χ0v) is 13.1. The van der Waals surface area contributed by atoms with Crippen molar-refractivity contribution in [3.8, 4) is 29.9 Å². The van der Waals surface area contributed by atoms with Gasteiger partial charge in [-0.05, 0) is 42.7 Å². The first-order chi connectivity index (χ1) is 11.7. The summed E-state index contributed by atoms with van der Waals surface area (Å²) >= 11 is 0. The Kier molecular flexibility index (Phi) is 4.54. The molecule has 3 heteroatoms. The van der Waals surface area contributed by atoms with Crippen LogP contribution in [-0.4, -0.2) is 17.7 Å². The van der Waals surface area contributed by atoms with Crippen LogP contribution in [0.1, 0.15) is 39.0 Å². The van der Waals surface area contributed by atoms with E-state index in [-0.39, 0.29) is 5.56 Å². The van der Waals surface area contributed by atoms with Crippen LogP contribution in [0.4, 0.5) is 0 Å². The van der Waals surface area contributed by atoms with Gasteiger partial charge in [0, 0.05) is 23.1 Å². The molecule has 0 radical (unpaired) electrons. The molecular formula is C21H16O3. The minimum atomic E-state index is -0.980. The molecule has 0 atom stereocenters. The number of fused-ring (bicyclic) bond motifs is 1. The largest absolute Gasteiger partial charge is 0.493 e. The molecule has 0 unspecified atom stereocenters. The smallest absolute Gasteiger partial charge is 0.336 e. The van der Waals surface area contributed by atoms with Crippen LogP contribution in [0.3, 0.4) is 0 Å². The Morgan fingerprint density at radius 3 is 2.88 bits per heavy atom. The molecule has 2 aromatic carbocycles. The van der Waals surface area contributed by atoms with Crippen LogP contribution in [0.5, 0.6) is 5.75 Å². The van der Waals surface area contributed by atoms with Crippen LogP contribution in [0.15, 0.2) is 36.4 Å². The molecule has 3 nitrogen and oxygen atoms in total. The number of carboxylic acid groups (broad SMARTS) is 1. The minimum absolute atomic E-state index is 0.204. The standard InChI is InChI=1S/C21H16O3/c1-2-6-17-13-15(14-18-8-5-12-24-20(17)18)10-11-16-7-3-4-9-19(16)21(22)23/h1,3-4,7,9,13-14H,5-6,8,12H2,(H,22,23). The Morgan fingerprint density at radius 2 is 2.08 bits per heavy atom. The van der Waals surface area contributed by atoms with Gasteiger partial charge >= 0.3 is 5.97 Å². The number of carboxylic acids is 1. The summed E-state index contributed by atoms with van der Waals surface area (Å²) in [6.07, 6.45) is 7.86. The average molecular weight is 316 g/mol. The highest BCUT2D eigenvalue weighted by atomic mass is 16.5. The number of ether oxygens (including phenoxy) is 1. The lowest BCUT2D eigenvalue weighted by Crippen LogP contribution is -2.11. The number of hydrogen-bond donors (Lipinski definition) is 1. The van der Waals surface area contributed by atoms with E-state index in [1.165, 1.54) is 0 Å². The van der Waals surface area contributed by atoms with Crippen LogP contribution >= 0.6 is 0 Å². The summed E-state index contributed by atoms with van der Waals surface area (Å²) in [5.74, 6) is 8.59. The monoisotopic (exact) mass is 316 g/mol. The van der Waals surface area contributed by atoms with Crippen molar-refractivity contribution >= 4 is 5.97 Å². The van der Waals surface area contributed by atoms with E-state index >= 15 is 0 Å². The fraction of sp³-hybridized carbons (Fsp3) is 0.190. The molecule has 0 saturated carbocycles. The molecule has 0 saturated heterocycles. The van der Waals surface area contributed by atoms with Crippen molar-refractivity contribution in [3.63, 3.8) is 0 Å². The van der Waals surface area contributed by atoms with E-state index in [0.717, 1.165) is 35.3 Å². The Hall–Kier alpha value is -3.17. The van der Waals surface area contributed by atoms with Gasteiger partial charge in [0.25, 0.3) is 0 Å². The van der Waals surface area contributed by atoms with E-state index in [1.54, 1.807) is 24.3 Å². The van der Waals surface area contributed by atoms with E-state index in [0.29, 0.717) is 18.6 Å². The third-order valence-corrected chi connectivity index (χ3v) is 3.87. The lowest BCUT2D eigenvalue weighted by molar-refractivity contribution is 0.0696. The van der Waals surface area contributed by atoms with Gasteiger partial charge in [-0.2, -0.15) is 0 Å². The molecule has 0 bridgehead atoms. The van der Waals surface area contributed by atoms with Crippen molar-refractivity contribution in [3.05, 3.63) is 64.2 Å². The first-order valence-corrected chi connectivity index (χ1v) is 7.75. The van der Waals surface area contributed by atoms with Gasteiger partial charge in [-0.3, -0.25) is 0 Å². The molecular weight excluding hydrogens is 300 g/mol. The summed E-state index contributed by atoms with van der Waals surface area (Å²) in [4.78, 5) is 11.3. The number of hydrogen-bond acceptors (Lipinski definition) is 2. The molecule has 3 rings (SSSR count). The van der Waals surface area contributed by atoms with E-state index in [2.05, 4.69) is 17.8 Å². The Morgan fingerprint density at radius 1 is 1.25 bits per heavy atom. The Bertz CT molecular complexity index is 892. The van der Waals surface area contributed by atoms with Crippen LogP contribution in [0, 0.1) is 24.2 Å². The number of aryl methyl sites for hydroxylation is 1. The predicted molar refractivity (Wildman–Crippen MR) is 92.2 cm³/mol. The predicted octanol–water partition coefficient (Wildman–Crippen LogP) is 3.29. The Labute approximate surface area is 141 Å². The SMILES string of the molecule is C#CCc1cc(C#Cc2ccccc2C(=O)O)cc2c1OCCC2. The summed E-state index contributed by atoms with van der Waals surface area (Å²) in [5.41, 5.74) is 3.60. The van der Waals surface area contributed by atoms with Crippen molar-refractivity contribution in [1.29, 1.82) is 0 Å². The van der Waals surface area contributed by atoms with Crippen molar-refractivity contribution in [2.45, 2.75) is 19.3 Å². The maximum absolute atomic E-state index is 11.3. The average Bonchev–Trinajstić information content (AvgIpc) is 2.60. The van der Waals surface area contributed by atoms with E-state index in [1.807, 2.05) is 12.1 Å². The van der Waals surface area contributed by atoms with E-state index < -0.39 is 5.97 Å². The third-order valence-electron chi connectivity index (χ3n) is 3.87. The second-order valence-electron chi connectivity index (χ2n) is 5.56. The number of rotatable bonds is 2. The van der Waals surface area contributed by atoms with Crippen molar-refractivity contribution in [2.75, 3.05) is 6.61 Å². The molecule has 1 N–H and O–H groups in total. The number of benzene rings is 2. The fourth-order valence-electron chi connectivity index (χ4n) is 2.79. The molecule has 118 valence electrons. The molecule has 0 amide bonds. The lowest BCUT2D eigenvalue weighted by atomic mass is 9.97. The topological polar surface area (TPSA) is 46.5 Å². The zero-order chi connectivity index (χ0) is 16.9. The van der Waals surface area contributed by atoms with Crippen LogP contribution in [-0.2, 0) is 12.8 Å². The van der Waals surface area contributed by atoms with Gasteiger partial charge in [0.1, 0.15) is 5.75 Å². The number of aromatic carboxylic acids is 1. The van der Waals surface area contributed by atoms with Gasteiger partial charge < -0.3 is 9.84 Å². The molecule has 1 aliphatic heterocycles. The second-order valence-corrected chi connectivity index (χ2v) is 5.56. The quantitative estimate of drug-likeness (QED) is 0.865. The first kappa shape index (κ1) is 15.7. The van der Waals surface area contributed by atoms with Gasteiger partial charge in [-0.1, -0.05) is 24.0 Å². The molecule has 0 fully saturated rings. The maximum Gasteiger partial charge on any atom is 0.336 e. The van der Waals surface area contributed by atoms with Gasteiger partial charge in [0.15, 0.2) is 0 Å². The normalized spacial score (nSPS) is 12.1. The maximum atomic E-state index is 11.3. The number of carbonyl (C=O) groups is 1. The lowest BCUT2D eigenvalue weighted by Gasteiger charge is -2.20. The molecule has 1 aliphatic rings. The second kappa shape index (κ2) is 6.94. The summed E-state index contributed by atoms with van der Waals surface area (Å²) in [7, 11) is 0.